The highest BCUT2D eigenvalue weighted by atomic mass is 19.3. The number of hydrogen-bond acceptors (Lipinski definition) is 2. The quantitative estimate of drug-likeness (QED) is 0.599. The van der Waals surface area contributed by atoms with E-state index in [4.69, 9.17) is 10.5 Å². The maximum absolute atomic E-state index is 12.6. The first kappa shape index (κ1) is 12.5. The van der Waals surface area contributed by atoms with E-state index in [-0.39, 0.29) is 18.8 Å². The average molecular weight is 247 g/mol. The molecule has 0 atom stereocenters. The zero-order valence-electron chi connectivity index (χ0n) is 9.87. The van der Waals surface area contributed by atoms with Crippen molar-refractivity contribution in [2.24, 2.45) is 16.6 Å². The molecule has 4 nitrogen and oxygen atoms in total. The molecule has 1 saturated carbocycles. The van der Waals surface area contributed by atoms with Crippen molar-refractivity contribution in [2.75, 3.05) is 32.8 Å². The molecule has 1 saturated heterocycles. The third kappa shape index (κ3) is 3.52. The Morgan fingerprint density at radius 2 is 2.00 bits per heavy atom. The van der Waals surface area contributed by atoms with E-state index >= 15 is 0 Å². The highest BCUT2D eigenvalue weighted by Crippen LogP contribution is 2.43. The summed E-state index contributed by atoms with van der Waals surface area (Å²) in [4.78, 5) is 6.21. The summed E-state index contributed by atoms with van der Waals surface area (Å²) < 4.78 is 30.4. The van der Waals surface area contributed by atoms with Crippen LogP contribution in [0.5, 0.6) is 0 Å². The van der Waals surface area contributed by atoms with Crippen LogP contribution >= 0.6 is 0 Å². The lowest BCUT2D eigenvalue weighted by Crippen LogP contribution is -2.45. The minimum atomic E-state index is -2.43. The second-order valence-corrected chi connectivity index (χ2v) is 4.76. The van der Waals surface area contributed by atoms with Crippen molar-refractivity contribution in [3.8, 4) is 0 Å². The van der Waals surface area contributed by atoms with Crippen molar-refractivity contribution in [2.45, 2.75) is 25.2 Å². The predicted molar refractivity (Wildman–Crippen MR) is 61.2 cm³/mol. The molecule has 2 fully saturated rings. The van der Waals surface area contributed by atoms with E-state index in [9.17, 15) is 8.78 Å². The van der Waals surface area contributed by atoms with Crippen LogP contribution in [0.1, 0.15) is 19.3 Å². The summed E-state index contributed by atoms with van der Waals surface area (Å²) in [6, 6.07) is 0. The molecule has 2 rings (SSSR count). The van der Waals surface area contributed by atoms with Crippen molar-refractivity contribution in [1.29, 1.82) is 0 Å². The lowest BCUT2D eigenvalue weighted by Gasteiger charge is -2.34. The number of alkyl halides is 2. The Balaban J connectivity index is 1.66. The molecule has 1 aliphatic carbocycles. The zero-order valence-corrected chi connectivity index (χ0v) is 9.87. The number of ether oxygens (including phenoxy) is 1. The number of halogens is 2. The van der Waals surface area contributed by atoms with Crippen molar-refractivity contribution in [3.63, 3.8) is 0 Å². The van der Waals surface area contributed by atoms with Crippen molar-refractivity contribution in [1.82, 2.24) is 4.90 Å². The van der Waals surface area contributed by atoms with Crippen LogP contribution in [-0.4, -0.2) is 49.6 Å². The molecule has 1 aliphatic heterocycles. The SMILES string of the molecule is NC(=NCCC1CC(F)(F)C1)N1CCOCC1. The molecule has 0 amide bonds. The van der Waals surface area contributed by atoms with Gasteiger partial charge in [0.2, 0.25) is 5.92 Å². The first-order valence-electron chi connectivity index (χ1n) is 6.07. The molecule has 17 heavy (non-hydrogen) atoms. The van der Waals surface area contributed by atoms with Crippen LogP contribution in [0, 0.1) is 5.92 Å². The fraction of sp³-hybridized carbons (Fsp3) is 0.909. The van der Waals surface area contributed by atoms with Gasteiger partial charge >= 0.3 is 0 Å². The van der Waals surface area contributed by atoms with Gasteiger partial charge in [0.05, 0.1) is 13.2 Å². The molecular weight excluding hydrogens is 228 g/mol. The molecule has 0 unspecified atom stereocenters. The summed E-state index contributed by atoms with van der Waals surface area (Å²) in [5, 5.41) is 0. The van der Waals surface area contributed by atoms with Gasteiger partial charge in [-0.2, -0.15) is 0 Å². The molecule has 0 aromatic heterocycles. The van der Waals surface area contributed by atoms with Gasteiger partial charge in [-0.25, -0.2) is 8.78 Å². The molecule has 0 aromatic rings. The third-order valence-electron chi connectivity index (χ3n) is 3.32. The van der Waals surface area contributed by atoms with Crippen LogP contribution in [0.4, 0.5) is 8.78 Å². The second-order valence-electron chi connectivity index (χ2n) is 4.76. The molecule has 2 N–H and O–H groups in total. The summed E-state index contributed by atoms with van der Waals surface area (Å²) in [6.07, 6.45) is 0.737. The molecule has 0 bridgehead atoms. The Morgan fingerprint density at radius 3 is 2.59 bits per heavy atom. The topological polar surface area (TPSA) is 50.8 Å². The van der Waals surface area contributed by atoms with Gasteiger partial charge in [0.15, 0.2) is 5.96 Å². The van der Waals surface area contributed by atoms with E-state index in [0.29, 0.717) is 32.1 Å². The normalized spacial score (nSPS) is 25.8. The average Bonchev–Trinajstić information content (AvgIpc) is 2.27. The number of morpholine rings is 1. The van der Waals surface area contributed by atoms with Crippen LogP contribution in [0.15, 0.2) is 4.99 Å². The van der Waals surface area contributed by atoms with E-state index < -0.39 is 5.92 Å². The van der Waals surface area contributed by atoms with Crippen LogP contribution < -0.4 is 5.73 Å². The van der Waals surface area contributed by atoms with Crippen molar-refractivity contribution >= 4 is 5.96 Å². The van der Waals surface area contributed by atoms with Gasteiger partial charge in [-0.3, -0.25) is 4.99 Å². The number of guanidine groups is 1. The molecular formula is C11H19F2N3O. The van der Waals surface area contributed by atoms with Crippen LogP contribution in [0.25, 0.3) is 0 Å². The van der Waals surface area contributed by atoms with Gasteiger partial charge in [-0.1, -0.05) is 0 Å². The molecule has 6 heteroatoms. The summed E-state index contributed by atoms with van der Waals surface area (Å²) in [5.74, 6) is -1.80. The first-order chi connectivity index (χ1) is 8.07. The van der Waals surface area contributed by atoms with Crippen LogP contribution in [0.3, 0.4) is 0 Å². The lowest BCUT2D eigenvalue weighted by molar-refractivity contribution is -0.111. The van der Waals surface area contributed by atoms with E-state index in [1.807, 2.05) is 4.90 Å². The van der Waals surface area contributed by atoms with Crippen molar-refractivity contribution < 1.29 is 13.5 Å². The highest BCUT2D eigenvalue weighted by Gasteiger charge is 2.44. The largest absolute Gasteiger partial charge is 0.378 e. The molecule has 0 radical (unpaired) electrons. The van der Waals surface area contributed by atoms with Crippen LogP contribution in [-0.2, 0) is 4.74 Å². The van der Waals surface area contributed by atoms with E-state index in [1.54, 1.807) is 0 Å². The predicted octanol–water partition coefficient (Wildman–Crippen LogP) is 1.07. The summed E-state index contributed by atoms with van der Waals surface area (Å²) >= 11 is 0. The van der Waals surface area contributed by atoms with Crippen molar-refractivity contribution in [3.05, 3.63) is 0 Å². The van der Waals surface area contributed by atoms with E-state index in [0.717, 1.165) is 13.1 Å². The Kier molecular flexibility index (Phi) is 3.81. The maximum atomic E-state index is 12.6. The number of rotatable bonds is 3. The molecule has 0 aromatic carbocycles. The number of aliphatic imine (C=N–C) groups is 1. The fourth-order valence-electron chi connectivity index (χ4n) is 2.24. The molecule has 0 spiro atoms. The van der Waals surface area contributed by atoms with Gasteiger partial charge < -0.3 is 15.4 Å². The standard InChI is InChI=1S/C11H19F2N3O/c12-11(13)7-9(8-11)1-2-15-10(14)16-3-5-17-6-4-16/h9H,1-8H2,(H2,14,15). The van der Waals surface area contributed by atoms with E-state index in [2.05, 4.69) is 4.99 Å². The van der Waals surface area contributed by atoms with Gasteiger partial charge in [-0.05, 0) is 12.3 Å². The Hall–Kier alpha value is -0.910. The monoisotopic (exact) mass is 247 g/mol. The molecule has 1 heterocycles. The lowest BCUT2D eigenvalue weighted by atomic mass is 9.79. The summed E-state index contributed by atoms with van der Waals surface area (Å²) in [6.45, 7) is 3.41. The van der Waals surface area contributed by atoms with Crippen LogP contribution in [0.2, 0.25) is 0 Å². The third-order valence-corrected chi connectivity index (χ3v) is 3.32. The summed E-state index contributed by atoms with van der Waals surface area (Å²) in [7, 11) is 0. The minimum absolute atomic E-state index is 0.0139. The Labute approximate surface area is 99.8 Å². The number of hydrogen-bond donors (Lipinski definition) is 1. The van der Waals surface area contributed by atoms with E-state index in [1.165, 1.54) is 0 Å². The maximum Gasteiger partial charge on any atom is 0.248 e. The Bertz CT molecular complexity index is 282. The molecule has 2 aliphatic rings. The second kappa shape index (κ2) is 5.16. The smallest absolute Gasteiger partial charge is 0.248 e. The van der Waals surface area contributed by atoms with Gasteiger partial charge in [0.1, 0.15) is 0 Å². The van der Waals surface area contributed by atoms with Gasteiger partial charge in [0.25, 0.3) is 0 Å². The fourth-order valence-corrected chi connectivity index (χ4v) is 2.24. The Morgan fingerprint density at radius 1 is 1.35 bits per heavy atom. The zero-order chi connectivity index (χ0) is 12.3. The highest BCUT2D eigenvalue weighted by molar-refractivity contribution is 5.78. The summed E-state index contributed by atoms with van der Waals surface area (Å²) in [5.41, 5.74) is 5.82. The number of nitrogens with zero attached hydrogens (tertiary/aromatic N) is 2. The van der Waals surface area contributed by atoms with Gasteiger partial charge in [0, 0.05) is 32.5 Å². The number of nitrogens with two attached hydrogens (primary N) is 1. The molecule has 98 valence electrons. The first-order valence-corrected chi connectivity index (χ1v) is 6.07. The minimum Gasteiger partial charge on any atom is -0.378 e. The van der Waals surface area contributed by atoms with Gasteiger partial charge in [-0.15, -0.1) is 0 Å².